The van der Waals surface area contributed by atoms with Crippen LogP contribution in [0.1, 0.15) is 19.8 Å². The molecule has 1 saturated heterocycles. The maximum Gasteiger partial charge on any atom is 0.321 e. The van der Waals surface area contributed by atoms with Crippen molar-refractivity contribution in [1.82, 2.24) is 4.90 Å². The van der Waals surface area contributed by atoms with E-state index >= 15 is 0 Å². The summed E-state index contributed by atoms with van der Waals surface area (Å²) in [5, 5.41) is 6.50. The van der Waals surface area contributed by atoms with Crippen molar-refractivity contribution in [3.8, 4) is 0 Å². The fraction of sp³-hybridized carbons (Fsp3) is 0.333. The lowest BCUT2D eigenvalue weighted by Gasteiger charge is -2.34. The number of para-hydroxylation sites is 1. The van der Waals surface area contributed by atoms with Crippen molar-refractivity contribution in [1.29, 1.82) is 0 Å². The Labute approximate surface area is 164 Å². The number of rotatable bonds is 4. The molecular formula is C21H24ClN3O2. The highest BCUT2D eigenvalue weighted by Crippen LogP contribution is 2.26. The number of nitrogens with one attached hydrogen (secondary N) is 2. The van der Waals surface area contributed by atoms with Gasteiger partial charge in [0.25, 0.3) is 0 Å². The average Bonchev–Trinajstić information content (AvgIpc) is 2.70. The molecule has 2 aromatic rings. The molecule has 5 nitrogen and oxygen atoms in total. The molecule has 2 N–H and O–H groups in total. The number of carbonyl (C=O) groups excluding carboxylic acids is 2. The first-order chi connectivity index (χ1) is 13.0. The van der Waals surface area contributed by atoms with Crippen molar-refractivity contribution in [2.75, 3.05) is 23.7 Å². The SMILES string of the molecule is C[C@@H](C(=O)Nc1ccc(Cl)cc1)C1CCN(C(=O)Nc2ccccc2)CC1. The fourth-order valence-electron chi connectivity index (χ4n) is 3.33. The molecule has 142 valence electrons. The Morgan fingerprint density at radius 1 is 0.963 bits per heavy atom. The summed E-state index contributed by atoms with van der Waals surface area (Å²) in [6.45, 7) is 3.26. The van der Waals surface area contributed by atoms with Crippen molar-refractivity contribution in [2.45, 2.75) is 19.8 Å². The molecule has 3 amide bonds. The first-order valence-electron chi connectivity index (χ1n) is 9.20. The lowest BCUT2D eigenvalue weighted by molar-refractivity contribution is -0.121. The quantitative estimate of drug-likeness (QED) is 0.789. The molecule has 0 aliphatic carbocycles. The van der Waals surface area contributed by atoms with Crippen LogP contribution in [0.3, 0.4) is 0 Å². The maximum atomic E-state index is 12.5. The van der Waals surface area contributed by atoms with Gasteiger partial charge in [0.1, 0.15) is 0 Å². The number of benzene rings is 2. The topological polar surface area (TPSA) is 61.4 Å². The molecule has 1 heterocycles. The zero-order valence-electron chi connectivity index (χ0n) is 15.3. The Balaban J connectivity index is 1.48. The second-order valence-electron chi connectivity index (χ2n) is 6.91. The maximum absolute atomic E-state index is 12.5. The van der Waals surface area contributed by atoms with E-state index in [9.17, 15) is 9.59 Å². The van der Waals surface area contributed by atoms with Gasteiger partial charge < -0.3 is 15.5 Å². The first-order valence-corrected chi connectivity index (χ1v) is 9.58. The van der Waals surface area contributed by atoms with Crippen LogP contribution in [0.5, 0.6) is 0 Å². The van der Waals surface area contributed by atoms with E-state index in [1.165, 1.54) is 0 Å². The molecule has 0 bridgehead atoms. The molecule has 0 unspecified atom stereocenters. The third-order valence-corrected chi connectivity index (χ3v) is 5.34. The van der Waals surface area contributed by atoms with Crippen LogP contribution < -0.4 is 10.6 Å². The summed E-state index contributed by atoms with van der Waals surface area (Å²) in [4.78, 5) is 26.7. The molecule has 1 aliphatic rings. The van der Waals surface area contributed by atoms with Crippen LogP contribution in [0.4, 0.5) is 16.2 Å². The van der Waals surface area contributed by atoms with Crippen LogP contribution in [0, 0.1) is 11.8 Å². The van der Waals surface area contributed by atoms with Gasteiger partial charge in [-0.2, -0.15) is 0 Å². The van der Waals surface area contributed by atoms with E-state index in [1.54, 1.807) is 24.3 Å². The number of hydrogen-bond acceptors (Lipinski definition) is 2. The number of piperidine rings is 1. The van der Waals surface area contributed by atoms with Crippen LogP contribution in [0.2, 0.25) is 5.02 Å². The molecule has 1 fully saturated rings. The minimum Gasteiger partial charge on any atom is -0.326 e. The van der Waals surface area contributed by atoms with E-state index in [0.29, 0.717) is 18.1 Å². The van der Waals surface area contributed by atoms with Crippen molar-refractivity contribution in [3.63, 3.8) is 0 Å². The number of amides is 3. The van der Waals surface area contributed by atoms with Crippen LogP contribution in [-0.4, -0.2) is 29.9 Å². The smallest absolute Gasteiger partial charge is 0.321 e. The van der Waals surface area contributed by atoms with E-state index < -0.39 is 0 Å². The third kappa shape index (κ3) is 5.23. The normalized spacial score (nSPS) is 15.9. The van der Waals surface area contributed by atoms with Crippen LogP contribution in [0.15, 0.2) is 54.6 Å². The van der Waals surface area contributed by atoms with Gasteiger partial charge in [0.2, 0.25) is 5.91 Å². The third-order valence-electron chi connectivity index (χ3n) is 5.08. The molecule has 3 rings (SSSR count). The highest BCUT2D eigenvalue weighted by Gasteiger charge is 2.29. The summed E-state index contributed by atoms with van der Waals surface area (Å²) in [6, 6.07) is 16.5. The van der Waals surface area contributed by atoms with Gasteiger partial charge in [-0.3, -0.25) is 4.79 Å². The monoisotopic (exact) mass is 385 g/mol. The van der Waals surface area contributed by atoms with Crippen molar-refractivity contribution < 1.29 is 9.59 Å². The number of hydrogen-bond donors (Lipinski definition) is 2. The zero-order valence-corrected chi connectivity index (χ0v) is 16.1. The minimum atomic E-state index is -0.111. The lowest BCUT2D eigenvalue weighted by Crippen LogP contribution is -2.43. The van der Waals surface area contributed by atoms with Crippen LogP contribution in [0.25, 0.3) is 0 Å². The Bertz CT molecular complexity index is 772. The van der Waals surface area contributed by atoms with Gasteiger partial charge >= 0.3 is 6.03 Å². The van der Waals surface area contributed by atoms with Gasteiger partial charge in [0.15, 0.2) is 0 Å². The second kappa shape index (κ2) is 8.91. The van der Waals surface area contributed by atoms with Gasteiger partial charge in [-0.25, -0.2) is 4.79 Å². The predicted octanol–water partition coefficient (Wildman–Crippen LogP) is 4.86. The predicted molar refractivity (Wildman–Crippen MR) is 109 cm³/mol. The van der Waals surface area contributed by atoms with Crippen molar-refractivity contribution in [3.05, 3.63) is 59.6 Å². The summed E-state index contributed by atoms with van der Waals surface area (Å²) in [7, 11) is 0. The molecular weight excluding hydrogens is 362 g/mol. The molecule has 0 saturated carbocycles. The summed E-state index contributed by atoms with van der Waals surface area (Å²) in [6.07, 6.45) is 1.63. The average molecular weight is 386 g/mol. The molecule has 0 aromatic heterocycles. The highest BCUT2D eigenvalue weighted by molar-refractivity contribution is 6.30. The number of nitrogens with zero attached hydrogens (tertiary/aromatic N) is 1. The van der Waals surface area contributed by atoms with E-state index in [2.05, 4.69) is 10.6 Å². The summed E-state index contributed by atoms with van der Waals surface area (Å²) >= 11 is 5.87. The number of urea groups is 1. The summed E-state index contributed by atoms with van der Waals surface area (Å²) in [5.74, 6) is 0.155. The van der Waals surface area contributed by atoms with Crippen molar-refractivity contribution in [2.24, 2.45) is 11.8 Å². The number of halogens is 1. The molecule has 27 heavy (non-hydrogen) atoms. The van der Waals surface area contributed by atoms with Crippen LogP contribution >= 0.6 is 11.6 Å². The molecule has 1 aliphatic heterocycles. The minimum absolute atomic E-state index is 0.00418. The largest absolute Gasteiger partial charge is 0.326 e. The highest BCUT2D eigenvalue weighted by atomic mass is 35.5. The Kier molecular flexibility index (Phi) is 6.35. The van der Waals surface area contributed by atoms with E-state index in [-0.39, 0.29) is 23.8 Å². The van der Waals surface area contributed by atoms with Gasteiger partial charge in [0, 0.05) is 35.4 Å². The molecule has 6 heteroatoms. The standard InChI is InChI=1S/C21H24ClN3O2/c1-15(20(26)23-19-9-7-17(22)8-10-19)16-11-13-25(14-12-16)21(27)24-18-5-3-2-4-6-18/h2-10,15-16H,11-14H2,1H3,(H,23,26)(H,24,27)/t15-/m1/s1. The Hall–Kier alpha value is -2.53. The molecule has 0 spiro atoms. The molecule has 2 aromatic carbocycles. The van der Waals surface area contributed by atoms with E-state index in [1.807, 2.05) is 42.2 Å². The molecule has 1 atom stereocenters. The van der Waals surface area contributed by atoms with Crippen LogP contribution in [-0.2, 0) is 4.79 Å². The van der Waals surface area contributed by atoms with Gasteiger partial charge in [-0.15, -0.1) is 0 Å². The summed E-state index contributed by atoms with van der Waals surface area (Å²) in [5.41, 5.74) is 1.54. The fourth-order valence-corrected chi connectivity index (χ4v) is 3.46. The second-order valence-corrected chi connectivity index (χ2v) is 7.34. The van der Waals surface area contributed by atoms with Gasteiger partial charge in [0.05, 0.1) is 0 Å². The van der Waals surface area contributed by atoms with Gasteiger partial charge in [-0.05, 0) is 55.2 Å². The summed E-state index contributed by atoms with van der Waals surface area (Å²) < 4.78 is 0. The lowest BCUT2D eigenvalue weighted by atomic mass is 9.85. The van der Waals surface area contributed by atoms with E-state index in [4.69, 9.17) is 11.6 Å². The number of likely N-dealkylation sites (tertiary alicyclic amines) is 1. The van der Waals surface area contributed by atoms with Crippen molar-refractivity contribution >= 4 is 34.9 Å². The van der Waals surface area contributed by atoms with Gasteiger partial charge in [-0.1, -0.05) is 36.7 Å². The Morgan fingerprint density at radius 2 is 1.56 bits per heavy atom. The number of anilines is 2. The van der Waals surface area contributed by atoms with E-state index in [0.717, 1.165) is 24.2 Å². The number of carbonyl (C=O) groups is 2. The Morgan fingerprint density at radius 3 is 2.19 bits per heavy atom. The first kappa shape index (κ1) is 19.2. The zero-order chi connectivity index (χ0) is 19.2. The molecule has 0 radical (unpaired) electrons.